The molecule has 126 valence electrons. The molecule has 0 fully saturated rings. The van der Waals surface area contributed by atoms with Gasteiger partial charge >= 0.3 is 0 Å². The molecule has 2 aromatic rings. The molecule has 0 saturated carbocycles. The van der Waals surface area contributed by atoms with Crippen molar-refractivity contribution < 1.29 is 9.59 Å². The van der Waals surface area contributed by atoms with Gasteiger partial charge in [-0.15, -0.1) is 0 Å². The van der Waals surface area contributed by atoms with Crippen molar-refractivity contribution in [2.24, 2.45) is 0 Å². The fraction of sp³-hybridized carbons (Fsp3) is 0.263. The third-order valence-electron chi connectivity index (χ3n) is 3.85. The zero-order valence-electron chi connectivity index (χ0n) is 13.8. The van der Waals surface area contributed by atoms with Gasteiger partial charge in [0, 0.05) is 18.6 Å². The smallest absolute Gasteiger partial charge is 0.242 e. The third-order valence-corrected chi connectivity index (χ3v) is 4.09. The van der Waals surface area contributed by atoms with Crippen LogP contribution in [0.3, 0.4) is 0 Å². The molecule has 24 heavy (non-hydrogen) atoms. The SMILES string of the molecule is CNC(=O)[C@@H](C)N(Cc1ccccc1)C(=O)Cc1cccc(Cl)c1. The summed E-state index contributed by atoms with van der Waals surface area (Å²) in [6, 6.07) is 16.3. The number of hydrogen-bond donors (Lipinski definition) is 1. The molecule has 2 amide bonds. The highest BCUT2D eigenvalue weighted by atomic mass is 35.5. The van der Waals surface area contributed by atoms with Crippen LogP contribution in [0.4, 0.5) is 0 Å². The predicted molar refractivity (Wildman–Crippen MR) is 95.7 cm³/mol. The number of amides is 2. The average Bonchev–Trinajstić information content (AvgIpc) is 2.59. The first-order valence-electron chi connectivity index (χ1n) is 7.80. The highest BCUT2D eigenvalue weighted by molar-refractivity contribution is 6.30. The van der Waals surface area contributed by atoms with Gasteiger partial charge in [0.1, 0.15) is 6.04 Å². The molecule has 4 nitrogen and oxygen atoms in total. The summed E-state index contributed by atoms with van der Waals surface area (Å²) in [4.78, 5) is 26.4. The van der Waals surface area contributed by atoms with Crippen molar-refractivity contribution in [2.45, 2.75) is 25.9 Å². The normalized spacial score (nSPS) is 11.6. The van der Waals surface area contributed by atoms with E-state index in [2.05, 4.69) is 5.32 Å². The van der Waals surface area contributed by atoms with Crippen molar-refractivity contribution in [2.75, 3.05) is 7.05 Å². The van der Waals surface area contributed by atoms with Crippen LogP contribution < -0.4 is 5.32 Å². The molecule has 0 spiro atoms. The van der Waals surface area contributed by atoms with E-state index in [9.17, 15) is 9.59 Å². The minimum absolute atomic E-state index is 0.114. The summed E-state index contributed by atoms with van der Waals surface area (Å²) in [7, 11) is 1.57. The van der Waals surface area contributed by atoms with Crippen LogP contribution in [0.5, 0.6) is 0 Å². The standard InChI is InChI=1S/C19H21ClN2O2/c1-14(19(24)21-2)22(13-15-7-4-3-5-8-15)18(23)12-16-9-6-10-17(20)11-16/h3-11,14H,12-13H2,1-2H3,(H,21,24)/t14-/m1/s1. The Morgan fingerprint density at radius 1 is 1.08 bits per heavy atom. The molecule has 0 saturated heterocycles. The van der Waals surface area contributed by atoms with Crippen LogP contribution >= 0.6 is 11.6 Å². The van der Waals surface area contributed by atoms with Gasteiger partial charge in [-0.25, -0.2) is 0 Å². The monoisotopic (exact) mass is 344 g/mol. The van der Waals surface area contributed by atoms with Gasteiger partial charge < -0.3 is 10.2 Å². The number of nitrogens with one attached hydrogen (secondary N) is 1. The lowest BCUT2D eigenvalue weighted by atomic mass is 10.1. The second-order valence-corrected chi connectivity index (χ2v) is 6.04. The van der Waals surface area contributed by atoms with Gasteiger partial charge in [-0.05, 0) is 30.2 Å². The van der Waals surface area contributed by atoms with E-state index in [-0.39, 0.29) is 18.2 Å². The molecule has 2 rings (SSSR count). The lowest BCUT2D eigenvalue weighted by molar-refractivity contribution is -0.139. The van der Waals surface area contributed by atoms with Crippen molar-refractivity contribution >= 4 is 23.4 Å². The van der Waals surface area contributed by atoms with Gasteiger partial charge in [-0.2, -0.15) is 0 Å². The molecule has 0 bridgehead atoms. The second kappa shape index (κ2) is 8.50. The minimum atomic E-state index is -0.554. The Balaban J connectivity index is 2.20. The Bertz CT molecular complexity index is 704. The van der Waals surface area contributed by atoms with Crippen LogP contribution in [0.2, 0.25) is 5.02 Å². The maximum absolute atomic E-state index is 12.8. The first-order valence-corrected chi connectivity index (χ1v) is 8.18. The predicted octanol–water partition coefficient (Wildman–Crippen LogP) is 3.05. The van der Waals surface area contributed by atoms with Crippen molar-refractivity contribution in [3.8, 4) is 0 Å². The van der Waals surface area contributed by atoms with Gasteiger partial charge in [0.25, 0.3) is 0 Å². The number of carbonyl (C=O) groups is 2. The number of likely N-dealkylation sites (N-methyl/N-ethyl adjacent to an activating group) is 1. The molecule has 0 aliphatic carbocycles. The van der Waals surface area contributed by atoms with Crippen molar-refractivity contribution in [3.05, 3.63) is 70.7 Å². The lowest BCUT2D eigenvalue weighted by Gasteiger charge is -2.28. The van der Waals surface area contributed by atoms with E-state index >= 15 is 0 Å². The van der Waals surface area contributed by atoms with E-state index in [1.165, 1.54) is 0 Å². The molecule has 0 aliphatic heterocycles. The Morgan fingerprint density at radius 2 is 1.75 bits per heavy atom. The first-order chi connectivity index (χ1) is 11.5. The summed E-state index contributed by atoms with van der Waals surface area (Å²) >= 11 is 5.98. The number of carbonyl (C=O) groups excluding carboxylic acids is 2. The number of benzene rings is 2. The molecule has 2 aromatic carbocycles. The van der Waals surface area contributed by atoms with E-state index in [0.717, 1.165) is 11.1 Å². The summed E-state index contributed by atoms with van der Waals surface area (Å²) in [6.07, 6.45) is 0.203. The summed E-state index contributed by atoms with van der Waals surface area (Å²) in [5.74, 6) is -0.303. The fourth-order valence-electron chi connectivity index (χ4n) is 2.49. The maximum Gasteiger partial charge on any atom is 0.242 e. The Hall–Kier alpha value is -2.33. The van der Waals surface area contributed by atoms with Crippen molar-refractivity contribution in [1.82, 2.24) is 10.2 Å². The molecule has 0 heterocycles. The topological polar surface area (TPSA) is 49.4 Å². The number of rotatable bonds is 6. The molecular formula is C19H21ClN2O2. The molecule has 0 unspecified atom stereocenters. The third kappa shape index (κ3) is 4.83. The van der Waals surface area contributed by atoms with Crippen LogP contribution in [0.25, 0.3) is 0 Å². The van der Waals surface area contributed by atoms with Gasteiger partial charge in [0.2, 0.25) is 11.8 Å². The van der Waals surface area contributed by atoms with E-state index < -0.39 is 6.04 Å². The van der Waals surface area contributed by atoms with Crippen molar-refractivity contribution in [3.63, 3.8) is 0 Å². The van der Waals surface area contributed by atoms with Gasteiger partial charge in [0.15, 0.2) is 0 Å². The fourth-order valence-corrected chi connectivity index (χ4v) is 2.71. The van der Waals surface area contributed by atoms with Crippen LogP contribution in [0.1, 0.15) is 18.1 Å². The molecular weight excluding hydrogens is 324 g/mol. The Labute approximate surface area is 147 Å². The van der Waals surface area contributed by atoms with Gasteiger partial charge in [0.05, 0.1) is 6.42 Å². The summed E-state index contributed by atoms with van der Waals surface area (Å²) in [5, 5.41) is 3.20. The summed E-state index contributed by atoms with van der Waals surface area (Å²) in [5.41, 5.74) is 1.81. The molecule has 5 heteroatoms. The summed E-state index contributed by atoms with van der Waals surface area (Å²) in [6.45, 7) is 2.12. The van der Waals surface area contributed by atoms with E-state index in [4.69, 9.17) is 11.6 Å². The maximum atomic E-state index is 12.8. The van der Waals surface area contributed by atoms with Crippen LogP contribution in [0.15, 0.2) is 54.6 Å². The molecule has 0 aliphatic rings. The zero-order valence-corrected chi connectivity index (χ0v) is 14.6. The number of nitrogens with zero attached hydrogens (tertiary/aromatic N) is 1. The number of halogens is 1. The van der Waals surface area contributed by atoms with Crippen molar-refractivity contribution in [1.29, 1.82) is 0 Å². The first kappa shape index (κ1) is 18.0. The molecule has 1 atom stereocenters. The highest BCUT2D eigenvalue weighted by Gasteiger charge is 2.25. The summed E-state index contributed by atoms with van der Waals surface area (Å²) < 4.78 is 0. The highest BCUT2D eigenvalue weighted by Crippen LogP contribution is 2.15. The molecule has 1 N–H and O–H groups in total. The molecule has 0 radical (unpaired) electrons. The number of hydrogen-bond acceptors (Lipinski definition) is 2. The Kier molecular flexibility index (Phi) is 6.38. The van der Waals surface area contributed by atoms with E-state index in [1.54, 1.807) is 31.0 Å². The molecule has 0 aromatic heterocycles. The lowest BCUT2D eigenvalue weighted by Crippen LogP contribution is -2.47. The van der Waals surface area contributed by atoms with E-state index in [0.29, 0.717) is 11.6 Å². The average molecular weight is 345 g/mol. The van der Waals surface area contributed by atoms with Gasteiger partial charge in [-0.3, -0.25) is 9.59 Å². The van der Waals surface area contributed by atoms with E-state index in [1.807, 2.05) is 42.5 Å². The quantitative estimate of drug-likeness (QED) is 0.875. The van der Waals surface area contributed by atoms with Crippen LogP contribution in [-0.4, -0.2) is 29.8 Å². The Morgan fingerprint density at radius 3 is 2.38 bits per heavy atom. The van der Waals surface area contributed by atoms with Crippen LogP contribution in [0, 0.1) is 0 Å². The van der Waals surface area contributed by atoms with Crippen LogP contribution in [-0.2, 0) is 22.6 Å². The minimum Gasteiger partial charge on any atom is -0.357 e. The van der Waals surface area contributed by atoms with Gasteiger partial charge in [-0.1, -0.05) is 54.1 Å². The largest absolute Gasteiger partial charge is 0.357 e. The zero-order chi connectivity index (χ0) is 17.5. The second-order valence-electron chi connectivity index (χ2n) is 5.60.